The summed E-state index contributed by atoms with van der Waals surface area (Å²) >= 11 is 3.42. The summed E-state index contributed by atoms with van der Waals surface area (Å²) in [6.45, 7) is 6.78. The Labute approximate surface area is 117 Å². The van der Waals surface area contributed by atoms with E-state index in [1.54, 1.807) is 12.1 Å². The van der Waals surface area contributed by atoms with Crippen molar-refractivity contribution in [2.75, 3.05) is 18.0 Å². The molecule has 0 amide bonds. The van der Waals surface area contributed by atoms with E-state index in [2.05, 4.69) is 33.9 Å². The number of anilines is 1. The Morgan fingerprint density at radius 1 is 1.33 bits per heavy atom. The van der Waals surface area contributed by atoms with Crippen LogP contribution in [0, 0.1) is 0 Å². The van der Waals surface area contributed by atoms with Gasteiger partial charge in [-0.25, -0.2) is 4.79 Å². The van der Waals surface area contributed by atoms with E-state index >= 15 is 0 Å². The Morgan fingerprint density at radius 2 is 1.94 bits per heavy atom. The Morgan fingerprint density at radius 3 is 2.50 bits per heavy atom. The molecule has 0 spiro atoms. The summed E-state index contributed by atoms with van der Waals surface area (Å²) in [6.07, 6.45) is 0. The lowest BCUT2D eigenvalue weighted by molar-refractivity contribution is 0.0697. The van der Waals surface area contributed by atoms with Crippen LogP contribution in [0.5, 0.6) is 0 Å². The van der Waals surface area contributed by atoms with Crippen molar-refractivity contribution in [3.63, 3.8) is 0 Å². The van der Waals surface area contributed by atoms with Crippen molar-refractivity contribution in [2.24, 2.45) is 0 Å². The predicted molar refractivity (Wildman–Crippen MR) is 80.4 cm³/mol. The third kappa shape index (κ3) is 2.95. The molecule has 0 saturated carbocycles. The van der Waals surface area contributed by atoms with Crippen LogP contribution in [0.4, 0.5) is 5.69 Å². The third-order valence-electron chi connectivity index (χ3n) is 3.65. The topological polar surface area (TPSA) is 40.5 Å². The summed E-state index contributed by atoms with van der Waals surface area (Å²) in [7, 11) is -1.02. The van der Waals surface area contributed by atoms with Gasteiger partial charge in [0.1, 0.15) is 0 Å². The molecular weight excluding hydrogens is 310 g/mol. The molecule has 5 heteroatoms. The highest BCUT2D eigenvalue weighted by Crippen LogP contribution is 2.30. The molecule has 1 aromatic rings. The van der Waals surface area contributed by atoms with Gasteiger partial charge in [-0.05, 0) is 31.3 Å². The van der Waals surface area contributed by atoms with Crippen molar-refractivity contribution in [3.8, 4) is 0 Å². The monoisotopic (exact) mass is 327 g/mol. The van der Waals surface area contributed by atoms with Crippen molar-refractivity contribution in [2.45, 2.75) is 25.2 Å². The second-order valence-electron chi connectivity index (χ2n) is 5.62. The highest BCUT2D eigenvalue weighted by molar-refractivity contribution is 9.10. The van der Waals surface area contributed by atoms with Gasteiger partial charge in [-0.3, -0.25) is 0 Å². The number of hydrogen-bond acceptors (Lipinski definition) is 2. The highest BCUT2D eigenvalue weighted by atomic mass is 79.9. The van der Waals surface area contributed by atoms with Gasteiger partial charge in [0.05, 0.1) is 11.3 Å². The average molecular weight is 328 g/mol. The highest BCUT2D eigenvalue weighted by Gasteiger charge is 2.22. The minimum atomic E-state index is -1.02. The molecule has 1 aliphatic heterocycles. The van der Waals surface area contributed by atoms with E-state index in [1.807, 2.05) is 6.07 Å². The molecule has 1 saturated heterocycles. The summed E-state index contributed by atoms with van der Waals surface area (Å²) < 4.78 is 0.935. The van der Waals surface area contributed by atoms with Gasteiger partial charge >= 0.3 is 5.97 Å². The summed E-state index contributed by atoms with van der Waals surface area (Å²) in [5, 5.41) is 9.26. The number of halogens is 1. The number of hydrogen-bond donors (Lipinski definition) is 1. The summed E-state index contributed by atoms with van der Waals surface area (Å²) in [6, 6.07) is 7.86. The Balaban J connectivity index is 2.28. The maximum atomic E-state index is 11.3. The molecule has 0 unspecified atom stereocenters. The van der Waals surface area contributed by atoms with Crippen molar-refractivity contribution in [1.82, 2.24) is 0 Å². The van der Waals surface area contributed by atoms with Crippen molar-refractivity contribution < 1.29 is 9.90 Å². The smallest absolute Gasteiger partial charge is 0.337 e. The van der Waals surface area contributed by atoms with E-state index in [9.17, 15) is 9.90 Å². The number of carbonyl (C=O) groups is 1. The van der Waals surface area contributed by atoms with Crippen LogP contribution in [0.3, 0.4) is 0 Å². The van der Waals surface area contributed by atoms with E-state index < -0.39 is 14.0 Å². The van der Waals surface area contributed by atoms with Gasteiger partial charge in [0.25, 0.3) is 0 Å². The van der Waals surface area contributed by atoms with Gasteiger partial charge in [-0.2, -0.15) is 13.1 Å². The zero-order valence-corrected chi connectivity index (χ0v) is 13.3. The maximum Gasteiger partial charge on any atom is 0.337 e. The molecule has 0 atom stereocenters. The van der Waals surface area contributed by atoms with E-state index in [4.69, 9.17) is 0 Å². The van der Waals surface area contributed by atoms with E-state index in [0.717, 1.165) is 23.2 Å². The molecule has 99 valence electrons. The van der Waals surface area contributed by atoms with Crippen LogP contribution in [-0.4, -0.2) is 32.2 Å². The van der Waals surface area contributed by atoms with Crippen LogP contribution >= 0.6 is 15.9 Å². The molecule has 1 N–H and O–H groups in total. The van der Waals surface area contributed by atoms with Crippen molar-refractivity contribution in [3.05, 3.63) is 28.2 Å². The first-order valence-electron chi connectivity index (χ1n) is 6.17. The lowest BCUT2D eigenvalue weighted by Gasteiger charge is -2.45. The molecule has 0 bridgehead atoms. The molecule has 0 aromatic heterocycles. The SMILES string of the molecule is C[Si-]1(C)CCN(c2cc(Br)ccc2C(=O)O)CC1. The number of carboxylic acids is 1. The molecule has 1 aromatic carbocycles. The van der Waals surface area contributed by atoms with Crippen LogP contribution in [-0.2, 0) is 0 Å². The van der Waals surface area contributed by atoms with Gasteiger partial charge in [0.15, 0.2) is 0 Å². The van der Waals surface area contributed by atoms with Gasteiger partial charge in [0.2, 0.25) is 0 Å². The Hall–Kier alpha value is -0.813. The minimum Gasteiger partial charge on any atom is -0.478 e. The second kappa shape index (κ2) is 5.05. The van der Waals surface area contributed by atoms with E-state index in [1.165, 1.54) is 12.1 Å². The second-order valence-corrected chi connectivity index (χ2v) is 11.9. The van der Waals surface area contributed by atoms with E-state index in [0.29, 0.717) is 5.56 Å². The molecule has 3 nitrogen and oxygen atoms in total. The van der Waals surface area contributed by atoms with Gasteiger partial charge in [-0.1, -0.05) is 15.9 Å². The van der Waals surface area contributed by atoms with Crippen LogP contribution in [0.1, 0.15) is 10.4 Å². The molecule has 2 rings (SSSR count). The average Bonchev–Trinajstić information content (AvgIpc) is 2.28. The van der Waals surface area contributed by atoms with Gasteiger partial charge in [-0.15, -0.1) is 20.2 Å². The van der Waals surface area contributed by atoms with E-state index in [-0.39, 0.29) is 0 Å². The molecule has 1 aliphatic rings. The molecule has 0 radical (unpaired) electrons. The quantitative estimate of drug-likeness (QED) is 0.842. The standard InChI is InChI=1S/C13H18BrNO2Si/c1-18(2)7-5-15(6-8-18)12-9-10(14)3-4-11(12)13(16)17/h3-4,9H,5-8H2,1-2H3,(H,16,17)/q-1. The lowest BCUT2D eigenvalue weighted by Crippen LogP contribution is -2.43. The fraction of sp³-hybridized carbons (Fsp3) is 0.462. The molecule has 1 heterocycles. The first-order chi connectivity index (χ1) is 8.39. The zero-order chi connectivity index (χ0) is 13.3. The third-order valence-corrected chi connectivity index (χ3v) is 7.30. The van der Waals surface area contributed by atoms with Gasteiger partial charge in [0, 0.05) is 4.47 Å². The fourth-order valence-corrected chi connectivity index (χ4v) is 4.65. The predicted octanol–water partition coefficient (Wildman–Crippen LogP) is 3.68. The Bertz CT molecular complexity index is 466. The molecule has 1 fully saturated rings. The van der Waals surface area contributed by atoms with Crippen LogP contribution in [0.2, 0.25) is 25.2 Å². The fourth-order valence-electron chi connectivity index (χ4n) is 2.30. The molecule has 0 aliphatic carbocycles. The van der Waals surface area contributed by atoms with Crippen molar-refractivity contribution >= 4 is 35.7 Å². The number of benzene rings is 1. The first kappa shape index (κ1) is 13.6. The maximum absolute atomic E-state index is 11.3. The summed E-state index contributed by atoms with van der Waals surface area (Å²) in [4.78, 5) is 13.5. The van der Waals surface area contributed by atoms with Crippen LogP contribution in [0.25, 0.3) is 0 Å². The summed E-state index contributed by atoms with van der Waals surface area (Å²) in [5.41, 5.74) is 1.25. The lowest BCUT2D eigenvalue weighted by atomic mass is 10.1. The zero-order valence-electron chi connectivity index (χ0n) is 10.7. The minimum absolute atomic E-state index is 0.402. The first-order valence-corrected chi connectivity index (χ1v) is 10.4. The number of aromatic carboxylic acids is 1. The normalized spacial score (nSPS) is 18.7. The van der Waals surface area contributed by atoms with Gasteiger partial charge < -0.3 is 10.0 Å². The Kier molecular flexibility index (Phi) is 3.82. The number of carboxylic acid groups (broad SMARTS) is 1. The van der Waals surface area contributed by atoms with Crippen LogP contribution in [0.15, 0.2) is 22.7 Å². The van der Waals surface area contributed by atoms with Crippen molar-refractivity contribution in [1.29, 1.82) is 0 Å². The number of rotatable bonds is 2. The summed E-state index contributed by atoms with van der Waals surface area (Å²) in [5.74, 6) is -0.848. The number of nitrogens with zero attached hydrogens (tertiary/aromatic N) is 1. The largest absolute Gasteiger partial charge is 0.478 e. The molecule has 18 heavy (non-hydrogen) atoms. The van der Waals surface area contributed by atoms with Crippen LogP contribution < -0.4 is 4.90 Å². The molecular formula is C13H18BrNO2Si-.